The molecule has 2 unspecified atom stereocenters. The van der Waals surface area contributed by atoms with E-state index in [0.29, 0.717) is 13.1 Å². The van der Waals surface area contributed by atoms with Gasteiger partial charge in [-0.3, -0.25) is 0 Å². The van der Waals surface area contributed by atoms with Gasteiger partial charge in [-0.2, -0.15) is 0 Å². The summed E-state index contributed by atoms with van der Waals surface area (Å²) >= 11 is 0. The number of rotatable bonds is 5. The molecule has 1 heterocycles. The van der Waals surface area contributed by atoms with Crippen LogP contribution in [0.25, 0.3) is 0 Å². The van der Waals surface area contributed by atoms with E-state index in [-0.39, 0.29) is 35.5 Å². The maximum absolute atomic E-state index is 12.4. The Kier molecular flexibility index (Phi) is 7.31. The first-order valence-corrected chi connectivity index (χ1v) is 8.53. The first kappa shape index (κ1) is 19.2. The second kappa shape index (κ2) is 7.25. The summed E-state index contributed by atoms with van der Waals surface area (Å²) in [5.74, 6) is 0.505. The van der Waals surface area contributed by atoms with Gasteiger partial charge in [-0.25, -0.2) is 12.7 Å². The van der Waals surface area contributed by atoms with E-state index in [2.05, 4.69) is 20.8 Å². The molecule has 0 radical (unpaired) electrons. The molecule has 6 heteroatoms. The van der Waals surface area contributed by atoms with E-state index in [1.54, 1.807) is 4.31 Å². The Bertz CT molecular complexity index is 371. The van der Waals surface area contributed by atoms with Crippen molar-refractivity contribution in [3.05, 3.63) is 0 Å². The Morgan fingerprint density at radius 2 is 2.00 bits per heavy atom. The van der Waals surface area contributed by atoms with Crippen LogP contribution in [0.4, 0.5) is 0 Å². The lowest BCUT2D eigenvalue weighted by Crippen LogP contribution is -2.54. The highest BCUT2D eigenvalue weighted by Crippen LogP contribution is 2.29. The zero-order chi connectivity index (χ0) is 14.0. The van der Waals surface area contributed by atoms with Crippen molar-refractivity contribution < 1.29 is 8.42 Å². The molecule has 1 fully saturated rings. The standard InChI is InChI=1S/C13H28N2O2S.ClH/c1-5-6-11(2)9-18(16,17)15-8-7-12(14)13(3,4)10-15;/h11-12H,5-10,14H2,1-4H3;1H. The van der Waals surface area contributed by atoms with Crippen molar-refractivity contribution in [2.45, 2.75) is 53.0 Å². The average molecular weight is 313 g/mol. The molecule has 0 aromatic rings. The van der Waals surface area contributed by atoms with Gasteiger partial charge in [0.25, 0.3) is 0 Å². The van der Waals surface area contributed by atoms with Gasteiger partial charge >= 0.3 is 0 Å². The van der Waals surface area contributed by atoms with E-state index in [0.717, 1.165) is 19.3 Å². The fourth-order valence-corrected chi connectivity index (χ4v) is 4.61. The normalized spacial score (nSPS) is 25.6. The predicted molar refractivity (Wildman–Crippen MR) is 83.1 cm³/mol. The summed E-state index contributed by atoms with van der Waals surface area (Å²) in [6, 6.07) is 0.0945. The van der Waals surface area contributed by atoms with Crippen LogP contribution < -0.4 is 5.73 Å². The van der Waals surface area contributed by atoms with E-state index < -0.39 is 10.0 Å². The van der Waals surface area contributed by atoms with E-state index in [4.69, 9.17) is 5.73 Å². The molecule has 2 atom stereocenters. The molecule has 116 valence electrons. The first-order chi connectivity index (χ1) is 8.19. The topological polar surface area (TPSA) is 63.4 Å². The van der Waals surface area contributed by atoms with Gasteiger partial charge in [-0.15, -0.1) is 12.4 Å². The van der Waals surface area contributed by atoms with Crippen LogP contribution in [-0.4, -0.2) is 37.6 Å². The highest BCUT2D eigenvalue weighted by atomic mass is 35.5. The monoisotopic (exact) mass is 312 g/mol. The van der Waals surface area contributed by atoms with Crippen molar-refractivity contribution >= 4 is 22.4 Å². The van der Waals surface area contributed by atoms with E-state index in [1.165, 1.54) is 0 Å². The molecule has 0 aliphatic carbocycles. The van der Waals surface area contributed by atoms with Crippen LogP contribution in [0, 0.1) is 11.3 Å². The van der Waals surface area contributed by atoms with Crippen molar-refractivity contribution in [1.29, 1.82) is 0 Å². The Morgan fingerprint density at radius 3 is 2.47 bits per heavy atom. The molecule has 0 amide bonds. The van der Waals surface area contributed by atoms with Crippen LogP contribution in [0.5, 0.6) is 0 Å². The third kappa shape index (κ3) is 5.21. The molecule has 1 rings (SSSR count). The van der Waals surface area contributed by atoms with Crippen molar-refractivity contribution in [2.24, 2.45) is 17.1 Å². The van der Waals surface area contributed by atoms with Gasteiger partial charge in [-0.05, 0) is 24.2 Å². The van der Waals surface area contributed by atoms with E-state index >= 15 is 0 Å². The van der Waals surface area contributed by atoms with Gasteiger partial charge in [0.15, 0.2) is 0 Å². The second-order valence-corrected chi connectivity index (χ2v) is 8.40. The number of nitrogens with zero attached hydrogens (tertiary/aromatic N) is 1. The first-order valence-electron chi connectivity index (χ1n) is 6.92. The van der Waals surface area contributed by atoms with Crippen molar-refractivity contribution in [3.8, 4) is 0 Å². The fourth-order valence-electron chi connectivity index (χ4n) is 2.60. The van der Waals surface area contributed by atoms with Crippen LogP contribution in [-0.2, 0) is 10.0 Å². The van der Waals surface area contributed by atoms with E-state index in [9.17, 15) is 8.42 Å². The van der Waals surface area contributed by atoms with Gasteiger partial charge in [0.2, 0.25) is 10.0 Å². The van der Waals surface area contributed by atoms with Gasteiger partial charge in [0, 0.05) is 19.1 Å². The van der Waals surface area contributed by atoms with Gasteiger partial charge in [-0.1, -0.05) is 34.1 Å². The van der Waals surface area contributed by atoms with Gasteiger partial charge in [0.05, 0.1) is 5.75 Å². The highest BCUT2D eigenvalue weighted by molar-refractivity contribution is 7.89. The summed E-state index contributed by atoms with van der Waals surface area (Å²) in [6.07, 6.45) is 2.76. The minimum atomic E-state index is -3.12. The summed E-state index contributed by atoms with van der Waals surface area (Å²) in [6.45, 7) is 9.33. The molecule has 0 saturated carbocycles. The third-order valence-corrected chi connectivity index (χ3v) is 6.04. The number of piperidine rings is 1. The number of halogens is 1. The van der Waals surface area contributed by atoms with Crippen LogP contribution in [0.15, 0.2) is 0 Å². The summed E-state index contributed by atoms with van der Waals surface area (Å²) in [5, 5.41) is 0. The maximum atomic E-state index is 12.4. The summed E-state index contributed by atoms with van der Waals surface area (Å²) in [4.78, 5) is 0. The molecule has 4 nitrogen and oxygen atoms in total. The quantitative estimate of drug-likeness (QED) is 0.846. The average Bonchev–Trinajstić information content (AvgIpc) is 2.21. The molecular weight excluding hydrogens is 284 g/mol. The maximum Gasteiger partial charge on any atom is 0.214 e. The molecule has 0 aromatic heterocycles. The lowest BCUT2D eigenvalue weighted by molar-refractivity contribution is 0.155. The van der Waals surface area contributed by atoms with Crippen LogP contribution in [0.2, 0.25) is 0 Å². The molecule has 0 bridgehead atoms. The van der Waals surface area contributed by atoms with Gasteiger partial charge in [0.1, 0.15) is 0 Å². The Balaban J connectivity index is 0.00000324. The second-order valence-electron chi connectivity index (χ2n) is 6.39. The zero-order valence-electron chi connectivity index (χ0n) is 12.6. The minimum absolute atomic E-state index is 0. The minimum Gasteiger partial charge on any atom is -0.327 e. The largest absolute Gasteiger partial charge is 0.327 e. The molecule has 0 spiro atoms. The molecule has 1 aliphatic rings. The lowest BCUT2D eigenvalue weighted by atomic mass is 9.81. The summed E-state index contributed by atoms with van der Waals surface area (Å²) < 4.78 is 26.3. The molecule has 19 heavy (non-hydrogen) atoms. The Labute approximate surface area is 124 Å². The molecule has 1 saturated heterocycles. The fraction of sp³-hybridized carbons (Fsp3) is 1.00. The molecule has 1 aliphatic heterocycles. The van der Waals surface area contributed by atoms with Crippen LogP contribution >= 0.6 is 12.4 Å². The summed E-state index contributed by atoms with van der Waals surface area (Å²) in [5.41, 5.74) is 5.92. The van der Waals surface area contributed by atoms with E-state index in [1.807, 2.05) is 6.92 Å². The molecular formula is C13H29ClN2O2S. The highest BCUT2D eigenvalue weighted by Gasteiger charge is 2.38. The summed E-state index contributed by atoms with van der Waals surface area (Å²) in [7, 11) is -3.12. The number of hydrogen-bond acceptors (Lipinski definition) is 3. The van der Waals surface area contributed by atoms with Crippen molar-refractivity contribution in [1.82, 2.24) is 4.31 Å². The number of sulfonamides is 1. The zero-order valence-corrected chi connectivity index (χ0v) is 14.2. The van der Waals surface area contributed by atoms with Crippen molar-refractivity contribution in [3.63, 3.8) is 0 Å². The smallest absolute Gasteiger partial charge is 0.214 e. The molecule has 2 N–H and O–H groups in total. The van der Waals surface area contributed by atoms with Crippen molar-refractivity contribution in [2.75, 3.05) is 18.8 Å². The molecule has 0 aromatic carbocycles. The Morgan fingerprint density at radius 1 is 1.42 bits per heavy atom. The SMILES string of the molecule is CCCC(C)CS(=O)(=O)N1CCC(N)C(C)(C)C1.Cl. The number of nitrogens with two attached hydrogens (primary N) is 1. The number of hydrogen-bond donors (Lipinski definition) is 1. The predicted octanol–water partition coefficient (Wildman–Crippen LogP) is 2.23. The van der Waals surface area contributed by atoms with Crippen LogP contribution in [0.1, 0.15) is 47.0 Å². The third-order valence-electron chi connectivity index (χ3n) is 3.95. The lowest BCUT2D eigenvalue weighted by Gasteiger charge is -2.42. The van der Waals surface area contributed by atoms with Gasteiger partial charge < -0.3 is 5.73 Å². The Hall–Kier alpha value is 0.160. The van der Waals surface area contributed by atoms with Crippen LogP contribution in [0.3, 0.4) is 0 Å².